The molecule has 1 fully saturated rings. The molecule has 2 aromatic rings. The average Bonchev–Trinajstić information content (AvgIpc) is 3.09. The lowest BCUT2D eigenvalue weighted by atomic mass is 10.2. The molecule has 0 saturated carbocycles. The molecule has 2 aromatic carbocycles. The molecular weight excluding hydrogens is 391 g/mol. The third-order valence-electron chi connectivity index (χ3n) is 4.04. The lowest BCUT2D eigenvalue weighted by molar-refractivity contribution is -0.127. The van der Waals surface area contributed by atoms with Crippen LogP contribution in [0.2, 0.25) is 10.0 Å². The fourth-order valence-corrected chi connectivity index (χ4v) is 2.95. The fourth-order valence-electron chi connectivity index (χ4n) is 2.61. The molecule has 2 amide bonds. The van der Waals surface area contributed by atoms with Gasteiger partial charge >= 0.3 is 6.09 Å². The summed E-state index contributed by atoms with van der Waals surface area (Å²) in [5.41, 5.74) is 1.59. The molecule has 6 nitrogen and oxygen atoms in total. The van der Waals surface area contributed by atoms with Crippen molar-refractivity contribution >= 4 is 40.9 Å². The Morgan fingerprint density at radius 3 is 2.81 bits per heavy atom. The second-order valence-corrected chi connectivity index (χ2v) is 6.75. The molecule has 1 N–H and O–H groups in total. The van der Waals surface area contributed by atoms with Gasteiger partial charge in [-0.25, -0.2) is 4.79 Å². The normalized spacial score (nSPS) is 14.6. The Labute approximate surface area is 167 Å². The third-order valence-corrected chi connectivity index (χ3v) is 4.84. The minimum Gasteiger partial charge on any atom is -0.479 e. The van der Waals surface area contributed by atoms with Gasteiger partial charge in [-0.3, -0.25) is 9.69 Å². The summed E-state index contributed by atoms with van der Waals surface area (Å²) in [6, 6.07) is 12.3. The number of halogens is 2. The lowest BCUT2D eigenvalue weighted by Crippen LogP contribution is -2.36. The van der Waals surface area contributed by atoms with Gasteiger partial charge in [0.2, 0.25) is 0 Å². The van der Waals surface area contributed by atoms with Gasteiger partial charge in [-0.1, -0.05) is 41.4 Å². The third kappa shape index (κ3) is 4.64. The van der Waals surface area contributed by atoms with Crippen molar-refractivity contribution in [2.75, 3.05) is 18.1 Å². The van der Waals surface area contributed by atoms with Crippen molar-refractivity contribution < 1.29 is 19.1 Å². The summed E-state index contributed by atoms with van der Waals surface area (Å²) in [7, 11) is 0. The average molecular weight is 409 g/mol. The van der Waals surface area contributed by atoms with E-state index >= 15 is 0 Å². The van der Waals surface area contributed by atoms with Crippen LogP contribution in [0.1, 0.15) is 12.5 Å². The van der Waals surface area contributed by atoms with E-state index in [-0.39, 0.29) is 17.0 Å². The van der Waals surface area contributed by atoms with Crippen LogP contribution in [-0.4, -0.2) is 31.3 Å². The number of nitrogens with one attached hydrogen (secondary N) is 1. The second kappa shape index (κ2) is 8.50. The summed E-state index contributed by atoms with van der Waals surface area (Å²) in [5, 5.41) is 3.44. The molecule has 1 atom stereocenters. The molecule has 142 valence electrons. The van der Waals surface area contributed by atoms with Crippen LogP contribution < -0.4 is 15.0 Å². The summed E-state index contributed by atoms with van der Waals surface area (Å²) < 4.78 is 10.5. The van der Waals surface area contributed by atoms with Gasteiger partial charge in [0.15, 0.2) is 6.10 Å². The number of rotatable bonds is 6. The molecule has 0 aromatic heterocycles. The minimum atomic E-state index is -0.752. The van der Waals surface area contributed by atoms with Gasteiger partial charge in [-0.05, 0) is 36.8 Å². The summed E-state index contributed by atoms with van der Waals surface area (Å²) in [6.45, 7) is 2.82. The number of ether oxygens (including phenoxy) is 2. The molecule has 0 bridgehead atoms. The number of carbonyl (C=O) groups excluding carboxylic acids is 2. The highest BCUT2D eigenvalue weighted by molar-refractivity contribution is 6.42. The van der Waals surface area contributed by atoms with E-state index in [0.717, 1.165) is 11.3 Å². The zero-order chi connectivity index (χ0) is 19.4. The quantitative estimate of drug-likeness (QED) is 0.782. The SMILES string of the molecule is CC(Oc1cccc(Cl)c1Cl)C(=O)NCc1cccc(N2CCOC2=O)c1. The topological polar surface area (TPSA) is 67.9 Å². The number of carbonyl (C=O) groups is 2. The molecule has 0 aliphatic carbocycles. The van der Waals surface area contributed by atoms with E-state index < -0.39 is 6.10 Å². The van der Waals surface area contributed by atoms with Crippen molar-refractivity contribution in [3.05, 3.63) is 58.1 Å². The van der Waals surface area contributed by atoms with Crippen LogP contribution in [0.25, 0.3) is 0 Å². The zero-order valence-corrected chi connectivity index (χ0v) is 16.1. The molecule has 3 rings (SSSR count). The maximum Gasteiger partial charge on any atom is 0.414 e. The predicted octanol–water partition coefficient (Wildman–Crippen LogP) is 4.03. The van der Waals surface area contributed by atoms with Crippen LogP contribution in [0.4, 0.5) is 10.5 Å². The van der Waals surface area contributed by atoms with Crippen LogP contribution in [0.3, 0.4) is 0 Å². The first-order chi connectivity index (χ1) is 13.0. The highest BCUT2D eigenvalue weighted by atomic mass is 35.5. The smallest absolute Gasteiger partial charge is 0.414 e. The van der Waals surface area contributed by atoms with Crippen molar-refractivity contribution in [3.63, 3.8) is 0 Å². The van der Waals surface area contributed by atoms with E-state index in [0.29, 0.717) is 30.5 Å². The molecule has 0 radical (unpaired) electrons. The Morgan fingerprint density at radius 2 is 2.07 bits per heavy atom. The molecular formula is C19H18Cl2N2O4. The first-order valence-electron chi connectivity index (χ1n) is 8.37. The summed E-state index contributed by atoms with van der Waals surface area (Å²) in [5.74, 6) is 0.0541. The number of anilines is 1. The monoisotopic (exact) mass is 408 g/mol. The van der Waals surface area contributed by atoms with Crippen LogP contribution in [0.15, 0.2) is 42.5 Å². The standard InChI is InChI=1S/C19H18Cl2N2O4/c1-12(27-16-7-3-6-15(20)17(16)21)18(24)22-11-13-4-2-5-14(10-13)23-8-9-26-19(23)25/h2-7,10,12H,8-9,11H2,1H3,(H,22,24). The van der Waals surface area contributed by atoms with E-state index in [1.165, 1.54) is 0 Å². The maximum atomic E-state index is 12.3. The Kier molecular flexibility index (Phi) is 6.08. The number of amides is 2. The van der Waals surface area contributed by atoms with Gasteiger partial charge in [-0.15, -0.1) is 0 Å². The Hall–Kier alpha value is -2.44. The van der Waals surface area contributed by atoms with Crippen LogP contribution >= 0.6 is 23.2 Å². The number of cyclic esters (lactones) is 1. The van der Waals surface area contributed by atoms with Gasteiger partial charge in [0, 0.05) is 12.2 Å². The molecule has 1 unspecified atom stereocenters. The van der Waals surface area contributed by atoms with E-state index in [1.807, 2.05) is 24.3 Å². The highest BCUT2D eigenvalue weighted by Crippen LogP contribution is 2.32. The molecule has 1 heterocycles. The van der Waals surface area contributed by atoms with Gasteiger partial charge in [0.05, 0.1) is 11.6 Å². The van der Waals surface area contributed by atoms with E-state index in [2.05, 4.69) is 5.32 Å². The predicted molar refractivity (Wildman–Crippen MR) is 104 cm³/mol. The van der Waals surface area contributed by atoms with Crippen molar-refractivity contribution in [1.82, 2.24) is 5.32 Å². The van der Waals surface area contributed by atoms with E-state index in [1.54, 1.807) is 30.0 Å². The minimum absolute atomic E-state index is 0.268. The fraction of sp³-hybridized carbons (Fsp3) is 0.263. The number of nitrogens with zero attached hydrogens (tertiary/aromatic N) is 1. The van der Waals surface area contributed by atoms with Crippen molar-refractivity contribution in [1.29, 1.82) is 0 Å². The number of hydrogen-bond donors (Lipinski definition) is 1. The zero-order valence-electron chi connectivity index (χ0n) is 14.6. The summed E-state index contributed by atoms with van der Waals surface area (Å²) >= 11 is 12.0. The number of hydrogen-bond acceptors (Lipinski definition) is 4. The Balaban J connectivity index is 1.58. The molecule has 8 heteroatoms. The largest absolute Gasteiger partial charge is 0.479 e. The van der Waals surface area contributed by atoms with Crippen LogP contribution in [0, 0.1) is 0 Å². The van der Waals surface area contributed by atoms with E-state index in [9.17, 15) is 9.59 Å². The van der Waals surface area contributed by atoms with Crippen molar-refractivity contribution in [2.24, 2.45) is 0 Å². The maximum absolute atomic E-state index is 12.3. The van der Waals surface area contributed by atoms with Gasteiger partial charge in [0.25, 0.3) is 5.91 Å². The van der Waals surface area contributed by atoms with Gasteiger partial charge in [0.1, 0.15) is 17.4 Å². The first kappa shape index (κ1) is 19.3. The summed E-state index contributed by atoms with van der Waals surface area (Å²) in [4.78, 5) is 25.5. The van der Waals surface area contributed by atoms with Crippen molar-refractivity contribution in [3.8, 4) is 5.75 Å². The van der Waals surface area contributed by atoms with Crippen LogP contribution in [-0.2, 0) is 16.1 Å². The Morgan fingerprint density at radius 1 is 1.30 bits per heavy atom. The molecule has 27 heavy (non-hydrogen) atoms. The molecule has 1 saturated heterocycles. The highest BCUT2D eigenvalue weighted by Gasteiger charge is 2.23. The van der Waals surface area contributed by atoms with Crippen LogP contribution in [0.5, 0.6) is 5.75 Å². The Bertz CT molecular complexity index is 859. The number of benzene rings is 2. The summed E-state index contributed by atoms with van der Waals surface area (Å²) in [6.07, 6.45) is -1.12. The molecule has 0 spiro atoms. The second-order valence-electron chi connectivity index (χ2n) is 5.97. The van der Waals surface area contributed by atoms with Gasteiger partial charge in [-0.2, -0.15) is 0 Å². The van der Waals surface area contributed by atoms with Crippen molar-refractivity contribution in [2.45, 2.75) is 19.6 Å². The molecule has 1 aliphatic rings. The van der Waals surface area contributed by atoms with E-state index in [4.69, 9.17) is 32.7 Å². The van der Waals surface area contributed by atoms with Gasteiger partial charge < -0.3 is 14.8 Å². The molecule has 1 aliphatic heterocycles. The lowest BCUT2D eigenvalue weighted by Gasteiger charge is -2.17. The first-order valence-corrected chi connectivity index (χ1v) is 9.13.